The van der Waals surface area contributed by atoms with Gasteiger partial charge in [-0.3, -0.25) is 9.63 Å². The van der Waals surface area contributed by atoms with Crippen LogP contribution in [0.25, 0.3) is 10.9 Å². The number of benzene rings is 1. The normalized spacial score (nSPS) is 15.9. The van der Waals surface area contributed by atoms with Crippen molar-refractivity contribution in [3.8, 4) is 0 Å². The van der Waals surface area contributed by atoms with Gasteiger partial charge >= 0.3 is 0 Å². The van der Waals surface area contributed by atoms with Gasteiger partial charge in [0.2, 0.25) is 0 Å². The SMILES string of the molecule is O=C(c1c[nH]c2ccccc12)N1CCCO1. The van der Waals surface area contributed by atoms with Crippen LogP contribution in [0.1, 0.15) is 16.8 Å². The number of H-pyrrole nitrogens is 1. The minimum atomic E-state index is -0.0602. The average Bonchev–Trinajstić information content (AvgIpc) is 2.98. The maximum atomic E-state index is 12.1. The molecule has 16 heavy (non-hydrogen) atoms. The van der Waals surface area contributed by atoms with E-state index in [4.69, 9.17) is 4.84 Å². The van der Waals surface area contributed by atoms with E-state index in [1.165, 1.54) is 5.06 Å². The van der Waals surface area contributed by atoms with Crippen molar-refractivity contribution >= 4 is 16.8 Å². The molecule has 0 radical (unpaired) electrons. The van der Waals surface area contributed by atoms with E-state index in [2.05, 4.69) is 4.98 Å². The molecule has 1 N–H and O–H groups in total. The van der Waals surface area contributed by atoms with E-state index in [1.54, 1.807) is 6.20 Å². The van der Waals surface area contributed by atoms with Gasteiger partial charge in [-0.15, -0.1) is 0 Å². The summed E-state index contributed by atoms with van der Waals surface area (Å²) in [5.41, 5.74) is 1.66. The van der Waals surface area contributed by atoms with Crippen molar-refractivity contribution in [3.05, 3.63) is 36.0 Å². The first-order chi connectivity index (χ1) is 7.86. The van der Waals surface area contributed by atoms with Gasteiger partial charge in [-0.1, -0.05) is 18.2 Å². The van der Waals surface area contributed by atoms with Crippen LogP contribution in [0.2, 0.25) is 0 Å². The molecule has 1 aliphatic rings. The molecule has 4 heteroatoms. The third-order valence-corrected chi connectivity index (χ3v) is 2.80. The molecule has 1 fully saturated rings. The lowest BCUT2D eigenvalue weighted by molar-refractivity contribution is -0.0767. The molecule has 0 spiro atoms. The summed E-state index contributed by atoms with van der Waals surface area (Å²) >= 11 is 0. The number of amides is 1. The van der Waals surface area contributed by atoms with Crippen molar-refractivity contribution in [1.29, 1.82) is 0 Å². The van der Waals surface area contributed by atoms with Crippen molar-refractivity contribution in [2.45, 2.75) is 6.42 Å². The molecule has 0 bridgehead atoms. The Morgan fingerprint density at radius 3 is 3.06 bits per heavy atom. The number of hydrogen-bond acceptors (Lipinski definition) is 2. The van der Waals surface area contributed by atoms with E-state index < -0.39 is 0 Å². The zero-order valence-electron chi connectivity index (χ0n) is 8.77. The summed E-state index contributed by atoms with van der Waals surface area (Å²) in [6.45, 7) is 1.31. The van der Waals surface area contributed by atoms with Crippen LogP contribution in [0.5, 0.6) is 0 Å². The Labute approximate surface area is 92.8 Å². The number of nitrogens with one attached hydrogen (secondary N) is 1. The van der Waals surface area contributed by atoms with Gasteiger partial charge in [0.1, 0.15) is 0 Å². The average molecular weight is 216 g/mol. The highest BCUT2D eigenvalue weighted by atomic mass is 16.7. The Hall–Kier alpha value is -1.81. The Bertz CT molecular complexity index is 527. The highest BCUT2D eigenvalue weighted by Gasteiger charge is 2.22. The fraction of sp³-hybridized carbons (Fsp3) is 0.250. The minimum absolute atomic E-state index is 0.0602. The molecule has 1 aromatic carbocycles. The van der Waals surface area contributed by atoms with Crippen LogP contribution in [-0.2, 0) is 4.84 Å². The summed E-state index contributed by atoms with van der Waals surface area (Å²) in [4.78, 5) is 20.4. The van der Waals surface area contributed by atoms with Crippen LogP contribution in [0.15, 0.2) is 30.5 Å². The predicted octanol–water partition coefficient (Wildman–Crippen LogP) is 1.95. The van der Waals surface area contributed by atoms with E-state index in [0.29, 0.717) is 18.7 Å². The van der Waals surface area contributed by atoms with Crippen LogP contribution < -0.4 is 0 Å². The number of nitrogens with zero attached hydrogens (tertiary/aromatic N) is 1. The molecule has 1 saturated heterocycles. The third-order valence-electron chi connectivity index (χ3n) is 2.80. The van der Waals surface area contributed by atoms with Gasteiger partial charge in [-0.05, 0) is 12.5 Å². The first kappa shape index (κ1) is 9.42. The van der Waals surface area contributed by atoms with Crippen molar-refractivity contribution in [3.63, 3.8) is 0 Å². The number of aromatic nitrogens is 1. The molecule has 3 rings (SSSR count). The molecule has 1 aromatic heterocycles. The number of para-hydroxylation sites is 1. The lowest BCUT2D eigenvalue weighted by Crippen LogP contribution is -2.26. The summed E-state index contributed by atoms with van der Waals surface area (Å²) in [6, 6.07) is 7.77. The monoisotopic (exact) mass is 216 g/mol. The second-order valence-corrected chi connectivity index (χ2v) is 3.84. The molecule has 2 aromatic rings. The van der Waals surface area contributed by atoms with E-state index in [1.807, 2.05) is 24.3 Å². The highest BCUT2D eigenvalue weighted by Crippen LogP contribution is 2.20. The van der Waals surface area contributed by atoms with E-state index in [9.17, 15) is 4.79 Å². The third kappa shape index (κ3) is 1.39. The predicted molar refractivity (Wildman–Crippen MR) is 59.9 cm³/mol. The molecule has 0 unspecified atom stereocenters. The molecule has 0 aliphatic carbocycles. The first-order valence-electron chi connectivity index (χ1n) is 5.37. The standard InChI is InChI=1S/C12H12N2O2/c15-12(14-6-3-7-16-14)10-8-13-11-5-2-1-4-9(10)11/h1-2,4-5,8,13H,3,6-7H2. The molecule has 0 saturated carbocycles. The second kappa shape index (κ2) is 3.64. The Morgan fingerprint density at radius 2 is 2.25 bits per heavy atom. The zero-order valence-corrected chi connectivity index (χ0v) is 8.77. The summed E-state index contributed by atoms with van der Waals surface area (Å²) in [7, 11) is 0. The van der Waals surface area contributed by atoms with Crippen LogP contribution >= 0.6 is 0 Å². The van der Waals surface area contributed by atoms with Crippen LogP contribution in [0.4, 0.5) is 0 Å². The summed E-state index contributed by atoms with van der Waals surface area (Å²) in [6.07, 6.45) is 2.66. The topological polar surface area (TPSA) is 45.3 Å². The van der Waals surface area contributed by atoms with E-state index in [-0.39, 0.29) is 5.91 Å². The maximum Gasteiger partial charge on any atom is 0.279 e. The van der Waals surface area contributed by atoms with Crippen molar-refractivity contribution in [1.82, 2.24) is 10.0 Å². The maximum absolute atomic E-state index is 12.1. The van der Waals surface area contributed by atoms with Crippen molar-refractivity contribution < 1.29 is 9.63 Å². The minimum Gasteiger partial charge on any atom is -0.360 e. The van der Waals surface area contributed by atoms with Gasteiger partial charge in [0.15, 0.2) is 0 Å². The number of carbonyl (C=O) groups excluding carboxylic acids is 1. The van der Waals surface area contributed by atoms with Crippen molar-refractivity contribution in [2.75, 3.05) is 13.2 Å². The summed E-state index contributed by atoms with van der Waals surface area (Å²) in [5.74, 6) is -0.0602. The van der Waals surface area contributed by atoms with E-state index >= 15 is 0 Å². The highest BCUT2D eigenvalue weighted by molar-refractivity contribution is 6.06. The molecule has 82 valence electrons. The molecular weight excluding hydrogens is 204 g/mol. The molecule has 1 aliphatic heterocycles. The fourth-order valence-electron chi connectivity index (χ4n) is 1.99. The van der Waals surface area contributed by atoms with Gasteiger partial charge in [0.25, 0.3) is 5.91 Å². The quantitative estimate of drug-likeness (QED) is 0.791. The summed E-state index contributed by atoms with van der Waals surface area (Å²) < 4.78 is 0. The van der Waals surface area contributed by atoms with Crippen LogP contribution in [-0.4, -0.2) is 29.1 Å². The number of rotatable bonds is 1. The Balaban J connectivity index is 2.02. The van der Waals surface area contributed by atoms with Crippen molar-refractivity contribution in [2.24, 2.45) is 0 Å². The number of carbonyl (C=O) groups is 1. The number of aromatic amines is 1. The molecular formula is C12H12N2O2. The number of hydrogen-bond donors (Lipinski definition) is 1. The second-order valence-electron chi connectivity index (χ2n) is 3.84. The van der Waals surface area contributed by atoms with Gasteiger partial charge < -0.3 is 4.98 Å². The lowest BCUT2D eigenvalue weighted by Gasteiger charge is -2.12. The zero-order chi connectivity index (χ0) is 11.0. The lowest BCUT2D eigenvalue weighted by atomic mass is 10.1. The number of fused-ring (bicyclic) bond motifs is 1. The fourth-order valence-corrected chi connectivity index (χ4v) is 1.99. The van der Waals surface area contributed by atoms with Gasteiger partial charge in [-0.25, -0.2) is 5.06 Å². The Morgan fingerprint density at radius 1 is 1.38 bits per heavy atom. The van der Waals surface area contributed by atoms with Gasteiger partial charge in [0.05, 0.1) is 18.7 Å². The summed E-state index contributed by atoms with van der Waals surface area (Å²) in [5, 5.41) is 2.39. The van der Waals surface area contributed by atoms with Crippen LogP contribution in [0, 0.1) is 0 Å². The molecule has 2 heterocycles. The molecule has 0 atom stereocenters. The smallest absolute Gasteiger partial charge is 0.279 e. The molecule has 1 amide bonds. The molecule has 4 nitrogen and oxygen atoms in total. The number of hydroxylamine groups is 2. The first-order valence-corrected chi connectivity index (χ1v) is 5.37. The Kier molecular flexibility index (Phi) is 2.15. The van der Waals surface area contributed by atoms with E-state index in [0.717, 1.165) is 17.3 Å². The van der Waals surface area contributed by atoms with Crippen LogP contribution in [0.3, 0.4) is 0 Å². The largest absolute Gasteiger partial charge is 0.360 e. The van der Waals surface area contributed by atoms with Gasteiger partial charge in [-0.2, -0.15) is 0 Å². The van der Waals surface area contributed by atoms with Gasteiger partial charge in [0, 0.05) is 17.1 Å².